The lowest BCUT2D eigenvalue weighted by atomic mass is 10.2. The standard InChI is InChI=1S/C14H12BrClFN/c1-9-5-6-11(16)13(7-9)18-8-10-3-2-4-12(17)14(10)15/h2-7,18H,8H2,1H3. The van der Waals surface area contributed by atoms with Gasteiger partial charge in [-0.15, -0.1) is 0 Å². The molecule has 0 amide bonds. The number of anilines is 1. The summed E-state index contributed by atoms with van der Waals surface area (Å²) < 4.78 is 13.8. The SMILES string of the molecule is Cc1ccc(Cl)c(NCc2cccc(F)c2Br)c1. The fourth-order valence-electron chi connectivity index (χ4n) is 1.65. The van der Waals surface area contributed by atoms with Crippen molar-refractivity contribution in [1.29, 1.82) is 0 Å². The topological polar surface area (TPSA) is 12.0 Å². The van der Waals surface area contributed by atoms with Crippen LogP contribution in [-0.4, -0.2) is 0 Å². The fourth-order valence-corrected chi connectivity index (χ4v) is 2.24. The van der Waals surface area contributed by atoms with Crippen molar-refractivity contribution in [1.82, 2.24) is 0 Å². The first-order chi connectivity index (χ1) is 8.58. The molecular formula is C14H12BrClFN. The lowest BCUT2D eigenvalue weighted by Gasteiger charge is -2.11. The molecule has 18 heavy (non-hydrogen) atoms. The second kappa shape index (κ2) is 5.72. The largest absolute Gasteiger partial charge is 0.380 e. The quantitative estimate of drug-likeness (QED) is 0.820. The van der Waals surface area contributed by atoms with Crippen LogP contribution in [-0.2, 0) is 6.54 Å². The van der Waals surface area contributed by atoms with Gasteiger partial charge in [0.05, 0.1) is 15.2 Å². The van der Waals surface area contributed by atoms with E-state index in [0.29, 0.717) is 16.0 Å². The second-order valence-corrected chi connectivity index (χ2v) is 5.25. The van der Waals surface area contributed by atoms with Crippen molar-refractivity contribution < 1.29 is 4.39 Å². The van der Waals surface area contributed by atoms with Crippen molar-refractivity contribution in [3.8, 4) is 0 Å². The Morgan fingerprint density at radius 2 is 2.06 bits per heavy atom. The normalized spacial score (nSPS) is 10.4. The molecule has 1 nitrogen and oxygen atoms in total. The number of halogens is 3. The van der Waals surface area contributed by atoms with E-state index >= 15 is 0 Å². The molecule has 0 aromatic heterocycles. The highest BCUT2D eigenvalue weighted by molar-refractivity contribution is 9.10. The van der Waals surface area contributed by atoms with Crippen LogP contribution in [0.4, 0.5) is 10.1 Å². The highest BCUT2D eigenvalue weighted by Gasteiger charge is 2.06. The summed E-state index contributed by atoms with van der Waals surface area (Å²) in [4.78, 5) is 0. The van der Waals surface area contributed by atoms with Gasteiger partial charge in [0.1, 0.15) is 5.82 Å². The molecule has 0 radical (unpaired) electrons. The average Bonchev–Trinajstić information content (AvgIpc) is 2.35. The highest BCUT2D eigenvalue weighted by atomic mass is 79.9. The summed E-state index contributed by atoms with van der Waals surface area (Å²) in [5.74, 6) is -0.260. The van der Waals surface area contributed by atoms with E-state index in [9.17, 15) is 4.39 Å². The van der Waals surface area contributed by atoms with Gasteiger partial charge < -0.3 is 5.32 Å². The average molecular weight is 329 g/mol. The molecule has 0 aliphatic rings. The number of rotatable bonds is 3. The lowest BCUT2D eigenvalue weighted by molar-refractivity contribution is 0.618. The van der Waals surface area contributed by atoms with Gasteiger partial charge in [-0.05, 0) is 52.2 Å². The van der Waals surface area contributed by atoms with Crippen LogP contribution in [0.5, 0.6) is 0 Å². The molecule has 2 rings (SSSR count). The van der Waals surface area contributed by atoms with Gasteiger partial charge in [-0.25, -0.2) is 4.39 Å². The number of hydrogen-bond donors (Lipinski definition) is 1. The van der Waals surface area contributed by atoms with Gasteiger partial charge in [0, 0.05) is 6.54 Å². The van der Waals surface area contributed by atoms with Crippen molar-refractivity contribution in [2.45, 2.75) is 13.5 Å². The third kappa shape index (κ3) is 3.03. The van der Waals surface area contributed by atoms with E-state index in [0.717, 1.165) is 16.8 Å². The minimum Gasteiger partial charge on any atom is -0.380 e. The van der Waals surface area contributed by atoms with Crippen molar-refractivity contribution >= 4 is 33.2 Å². The third-order valence-electron chi connectivity index (χ3n) is 2.62. The van der Waals surface area contributed by atoms with Crippen molar-refractivity contribution in [2.75, 3.05) is 5.32 Å². The number of aryl methyl sites for hydroxylation is 1. The van der Waals surface area contributed by atoms with E-state index < -0.39 is 0 Å². The monoisotopic (exact) mass is 327 g/mol. The van der Waals surface area contributed by atoms with E-state index in [2.05, 4.69) is 21.2 Å². The predicted octanol–water partition coefficient (Wildman–Crippen LogP) is 5.16. The molecule has 4 heteroatoms. The third-order valence-corrected chi connectivity index (χ3v) is 3.84. The second-order valence-electron chi connectivity index (χ2n) is 4.05. The van der Waals surface area contributed by atoms with Crippen molar-refractivity contribution in [3.05, 3.63) is 62.8 Å². The van der Waals surface area contributed by atoms with Gasteiger partial charge in [-0.1, -0.05) is 29.8 Å². The summed E-state index contributed by atoms with van der Waals surface area (Å²) in [6.07, 6.45) is 0. The Morgan fingerprint density at radius 3 is 2.83 bits per heavy atom. The number of benzene rings is 2. The van der Waals surface area contributed by atoms with E-state index in [1.165, 1.54) is 6.07 Å². The highest BCUT2D eigenvalue weighted by Crippen LogP contribution is 2.25. The van der Waals surface area contributed by atoms with Crippen LogP contribution in [0.2, 0.25) is 5.02 Å². The Kier molecular flexibility index (Phi) is 4.25. The van der Waals surface area contributed by atoms with Gasteiger partial charge in [-0.2, -0.15) is 0 Å². The summed E-state index contributed by atoms with van der Waals surface area (Å²) in [6, 6.07) is 10.7. The summed E-state index contributed by atoms with van der Waals surface area (Å²) >= 11 is 9.32. The molecule has 0 fully saturated rings. The van der Waals surface area contributed by atoms with E-state index in [-0.39, 0.29) is 5.82 Å². The van der Waals surface area contributed by atoms with Crippen LogP contribution in [0, 0.1) is 12.7 Å². The lowest BCUT2D eigenvalue weighted by Crippen LogP contribution is -2.01. The predicted molar refractivity (Wildman–Crippen MR) is 77.6 cm³/mol. The van der Waals surface area contributed by atoms with Crippen LogP contribution in [0.15, 0.2) is 40.9 Å². The minimum absolute atomic E-state index is 0.260. The summed E-state index contributed by atoms with van der Waals surface area (Å²) in [6.45, 7) is 2.52. The molecule has 2 aromatic rings. The first-order valence-corrected chi connectivity index (χ1v) is 6.68. The van der Waals surface area contributed by atoms with Gasteiger partial charge in [0.25, 0.3) is 0 Å². The van der Waals surface area contributed by atoms with Crippen LogP contribution in [0.3, 0.4) is 0 Å². The van der Waals surface area contributed by atoms with Gasteiger partial charge in [0.15, 0.2) is 0 Å². The van der Waals surface area contributed by atoms with Crippen molar-refractivity contribution in [3.63, 3.8) is 0 Å². The maximum Gasteiger partial charge on any atom is 0.137 e. The van der Waals surface area contributed by atoms with Gasteiger partial charge >= 0.3 is 0 Å². The molecule has 0 unspecified atom stereocenters. The molecule has 0 heterocycles. The van der Waals surface area contributed by atoms with E-state index in [1.54, 1.807) is 6.07 Å². The Labute approximate surface area is 119 Å². The number of hydrogen-bond acceptors (Lipinski definition) is 1. The summed E-state index contributed by atoms with van der Waals surface area (Å²) in [7, 11) is 0. The molecule has 0 spiro atoms. The van der Waals surface area contributed by atoms with Crippen LogP contribution in [0.1, 0.15) is 11.1 Å². The molecule has 0 atom stereocenters. The Hall–Kier alpha value is -1.06. The molecule has 0 aliphatic heterocycles. The molecule has 2 aromatic carbocycles. The molecular weight excluding hydrogens is 317 g/mol. The maximum atomic E-state index is 13.3. The van der Waals surface area contributed by atoms with Gasteiger partial charge in [0.2, 0.25) is 0 Å². The zero-order chi connectivity index (χ0) is 13.1. The van der Waals surface area contributed by atoms with E-state index in [1.807, 2.05) is 31.2 Å². The first-order valence-electron chi connectivity index (χ1n) is 5.51. The molecule has 1 N–H and O–H groups in total. The van der Waals surface area contributed by atoms with Crippen LogP contribution in [0.25, 0.3) is 0 Å². The maximum absolute atomic E-state index is 13.3. The fraction of sp³-hybridized carbons (Fsp3) is 0.143. The summed E-state index contributed by atoms with van der Waals surface area (Å²) in [5, 5.41) is 3.87. The molecule has 0 bridgehead atoms. The molecule has 0 aliphatic carbocycles. The molecule has 0 saturated carbocycles. The van der Waals surface area contributed by atoms with E-state index in [4.69, 9.17) is 11.6 Å². The van der Waals surface area contributed by atoms with Crippen LogP contribution < -0.4 is 5.32 Å². The Morgan fingerprint density at radius 1 is 1.28 bits per heavy atom. The molecule has 94 valence electrons. The number of nitrogens with one attached hydrogen (secondary N) is 1. The zero-order valence-corrected chi connectivity index (χ0v) is 12.1. The van der Waals surface area contributed by atoms with Gasteiger partial charge in [-0.3, -0.25) is 0 Å². The first kappa shape index (κ1) is 13.4. The smallest absolute Gasteiger partial charge is 0.137 e. The zero-order valence-electron chi connectivity index (χ0n) is 9.81. The molecule has 0 saturated heterocycles. The summed E-state index contributed by atoms with van der Waals surface area (Å²) in [5.41, 5.74) is 2.83. The van der Waals surface area contributed by atoms with Crippen LogP contribution >= 0.6 is 27.5 Å². The minimum atomic E-state index is -0.260. The Balaban J connectivity index is 2.16. The Bertz CT molecular complexity index is 570. The van der Waals surface area contributed by atoms with Crippen molar-refractivity contribution in [2.24, 2.45) is 0 Å².